The van der Waals surface area contributed by atoms with Crippen LogP contribution in [-0.2, 0) is 37.3 Å². The first-order valence-corrected chi connectivity index (χ1v) is 15.2. The van der Waals surface area contributed by atoms with Gasteiger partial charge in [-0.2, -0.15) is 4.98 Å². The van der Waals surface area contributed by atoms with Crippen molar-refractivity contribution in [3.63, 3.8) is 0 Å². The highest BCUT2D eigenvalue weighted by Crippen LogP contribution is 2.40. The molecule has 5 heterocycles. The highest BCUT2D eigenvalue weighted by Gasteiger charge is 2.46. The molecule has 0 bridgehead atoms. The van der Waals surface area contributed by atoms with Gasteiger partial charge in [-0.05, 0) is 36.0 Å². The number of likely N-dealkylation sites (N-methyl/N-ethyl adjacent to an activating group) is 1. The van der Waals surface area contributed by atoms with Crippen LogP contribution < -0.4 is 10.2 Å². The zero-order valence-electron chi connectivity index (χ0n) is 22.4. The largest absolute Gasteiger partial charge is 0.611 e. The molecule has 0 saturated carbocycles. The molecule has 4 aliphatic heterocycles. The smallest absolute Gasteiger partial charge is 0.233 e. The minimum absolute atomic E-state index is 0.0513. The van der Waals surface area contributed by atoms with Gasteiger partial charge in [0.2, 0.25) is 22.7 Å². The first kappa shape index (κ1) is 26.3. The first-order valence-electron chi connectivity index (χ1n) is 13.9. The molecular formula is C28H36N6O4S. The third-order valence-corrected chi connectivity index (χ3v) is 10.0. The zero-order chi connectivity index (χ0) is 27.0. The summed E-state index contributed by atoms with van der Waals surface area (Å²) in [6.45, 7) is 4.28. The molecule has 4 aliphatic rings. The van der Waals surface area contributed by atoms with E-state index in [1.165, 1.54) is 0 Å². The fourth-order valence-electron chi connectivity index (χ4n) is 6.29. The Morgan fingerprint density at radius 1 is 1.10 bits per heavy atom. The molecule has 2 unspecified atom stereocenters. The minimum Gasteiger partial charge on any atom is -0.611 e. The molecule has 2 amide bonds. The first-order chi connectivity index (χ1) is 18.9. The van der Waals surface area contributed by atoms with Gasteiger partial charge in [-0.1, -0.05) is 30.3 Å². The van der Waals surface area contributed by atoms with Crippen molar-refractivity contribution in [2.75, 3.05) is 69.0 Å². The number of carbonyl (C=O) groups excluding carboxylic acids is 2. The number of benzene rings is 1. The Kier molecular flexibility index (Phi) is 7.39. The molecule has 2 aromatic rings. The number of likely N-dealkylation sites (tertiary alicyclic amines) is 1. The van der Waals surface area contributed by atoms with E-state index in [0.717, 1.165) is 17.7 Å². The van der Waals surface area contributed by atoms with Crippen molar-refractivity contribution in [1.82, 2.24) is 19.8 Å². The Labute approximate surface area is 232 Å². The number of ether oxygens (including phenoxy) is 1. The Hall–Kier alpha value is -2.89. The molecule has 0 aliphatic carbocycles. The van der Waals surface area contributed by atoms with Gasteiger partial charge in [0, 0.05) is 58.7 Å². The Bertz CT molecular complexity index is 1220. The van der Waals surface area contributed by atoms with E-state index in [1.54, 1.807) is 4.90 Å². The van der Waals surface area contributed by atoms with E-state index in [1.807, 2.05) is 30.1 Å². The van der Waals surface area contributed by atoms with Gasteiger partial charge in [-0.25, -0.2) is 4.98 Å². The fraction of sp³-hybridized carbons (Fsp3) is 0.571. The van der Waals surface area contributed by atoms with Crippen molar-refractivity contribution in [2.24, 2.45) is 0 Å². The lowest BCUT2D eigenvalue weighted by Gasteiger charge is -2.44. The minimum atomic E-state index is -1.14. The van der Waals surface area contributed by atoms with E-state index in [9.17, 15) is 14.1 Å². The Morgan fingerprint density at radius 2 is 1.85 bits per heavy atom. The Balaban J connectivity index is 1.25. The summed E-state index contributed by atoms with van der Waals surface area (Å²) in [7, 11) is 1.81. The molecule has 10 nitrogen and oxygen atoms in total. The summed E-state index contributed by atoms with van der Waals surface area (Å²) < 4.78 is 18.4. The number of nitrogens with one attached hydrogen (secondary N) is 1. The van der Waals surface area contributed by atoms with Crippen LogP contribution in [0.3, 0.4) is 0 Å². The zero-order valence-corrected chi connectivity index (χ0v) is 23.3. The average Bonchev–Trinajstić information content (AvgIpc) is 3.36. The number of piperidine rings is 2. The standard InChI is InChI=1S/C28H36N6O4S/c1-32-19-21(7-8-23(32)35)29-25-24-22(9-18-39(24)37)30-27(31-25)34-12-10-28(11-13-34,20-5-3-2-4-6-20)26(36)33-14-16-38-17-15-33/h2-6,21H,7-19H2,1H3,(H,29,30,31). The second kappa shape index (κ2) is 10.9. The molecular weight excluding hydrogens is 516 g/mol. The third-order valence-electron chi connectivity index (χ3n) is 8.58. The second-order valence-corrected chi connectivity index (χ2v) is 12.4. The molecule has 0 radical (unpaired) electrons. The number of morpholine rings is 1. The summed E-state index contributed by atoms with van der Waals surface area (Å²) in [6.07, 6.45) is 3.20. The van der Waals surface area contributed by atoms with E-state index < -0.39 is 16.6 Å². The van der Waals surface area contributed by atoms with Crippen molar-refractivity contribution < 1.29 is 18.9 Å². The number of fused-ring (bicyclic) bond motifs is 1. The number of hydrogen-bond acceptors (Lipinski definition) is 8. The molecule has 2 atom stereocenters. The van der Waals surface area contributed by atoms with Gasteiger partial charge < -0.3 is 29.3 Å². The van der Waals surface area contributed by atoms with Crippen LogP contribution in [0.2, 0.25) is 0 Å². The molecule has 3 saturated heterocycles. The third kappa shape index (κ3) is 5.07. The van der Waals surface area contributed by atoms with Crippen LogP contribution in [0, 0.1) is 0 Å². The molecule has 3 fully saturated rings. The molecule has 6 rings (SSSR count). The van der Waals surface area contributed by atoms with Gasteiger partial charge >= 0.3 is 0 Å². The molecule has 208 valence electrons. The molecule has 0 spiro atoms. The van der Waals surface area contributed by atoms with Crippen LogP contribution in [-0.4, -0.2) is 101 Å². The number of carbonyl (C=O) groups is 2. The van der Waals surface area contributed by atoms with Crippen molar-refractivity contribution in [2.45, 2.75) is 48.5 Å². The predicted octanol–water partition coefficient (Wildman–Crippen LogP) is 1.57. The maximum atomic E-state index is 14.0. The van der Waals surface area contributed by atoms with Gasteiger partial charge in [0.05, 0.1) is 18.6 Å². The number of nitrogens with zero attached hydrogens (tertiary/aromatic N) is 5. The van der Waals surface area contributed by atoms with E-state index in [0.29, 0.717) is 94.0 Å². The van der Waals surface area contributed by atoms with Crippen molar-refractivity contribution in [3.8, 4) is 0 Å². The quantitative estimate of drug-likeness (QED) is 0.556. The monoisotopic (exact) mass is 552 g/mol. The number of aromatic nitrogens is 2. The maximum absolute atomic E-state index is 14.0. The van der Waals surface area contributed by atoms with Crippen LogP contribution in [0.5, 0.6) is 0 Å². The molecule has 1 aromatic heterocycles. The highest BCUT2D eigenvalue weighted by atomic mass is 32.2. The number of hydrogen-bond donors (Lipinski definition) is 1. The van der Waals surface area contributed by atoms with Crippen LogP contribution in [0.25, 0.3) is 0 Å². The van der Waals surface area contributed by atoms with Crippen LogP contribution in [0.15, 0.2) is 35.2 Å². The van der Waals surface area contributed by atoms with E-state index in [2.05, 4.69) is 22.3 Å². The van der Waals surface area contributed by atoms with Crippen LogP contribution >= 0.6 is 0 Å². The number of aryl methyl sites for hydroxylation is 1. The summed E-state index contributed by atoms with van der Waals surface area (Å²) >= 11 is -1.14. The fourth-order valence-corrected chi connectivity index (χ4v) is 7.60. The van der Waals surface area contributed by atoms with Crippen LogP contribution in [0.4, 0.5) is 11.8 Å². The maximum Gasteiger partial charge on any atom is 0.233 e. The van der Waals surface area contributed by atoms with E-state index >= 15 is 0 Å². The number of amides is 2. The normalized spacial score (nSPS) is 25.0. The van der Waals surface area contributed by atoms with Crippen LogP contribution in [0.1, 0.15) is 36.9 Å². The van der Waals surface area contributed by atoms with Crippen molar-refractivity contribution in [3.05, 3.63) is 41.6 Å². The second-order valence-electron chi connectivity index (χ2n) is 10.9. The van der Waals surface area contributed by atoms with Crippen molar-refractivity contribution >= 4 is 34.8 Å². The van der Waals surface area contributed by atoms with Gasteiger partial charge in [0.15, 0.2) is 5.82 Å². The lowest BCUT2D eigenvalue weighted by molar-refractivity contribution is -0.142. The van der Waals surface area contributed by atoms with Gasteiger partial charge in [0.25, 0.3) is 0 Å². The number of rotatable bonds is 5. The van der Waals surface area contributed by atoms with Crippen molar-refractivity contribution in [1.29, 1.82) is 0 Å². The lowest BCUT2D eigenvalue weighted by Crippen LogP contribution is -2.55. The summed E-state index contributed by atoms with van der Waals surface area (Å²) in [4.78, 5) is 42.3. The summed E-state index contributed by atoms with van der Waals surface area (Å²) in [5.74, 6) is 2.13. The molecule has 1 aromatic carbocycles. The van der Waals surface area contributed by atoms with Gasteiger partial charge in [0.1, 0.15) is 11.4 Å². The van der Waals surface area contributed by atoms with E-state index in [4.69, 9.17) is 14.7 Å². The summed E-state index contributed by atoms with van der Waals surface area (Å²) in [5, 5.41) is 3.51. The number of anilines is 2. The topological polar surface area (TPSA) is 114 Å². The Morgan fingerprint density at radius 3 is 2.56 bits per heavy atom. The molecule has 11 heteroatoms. The average molecular weight is 553 g/mol. The summed E-state index contributed by atoms with van der Waals surface area (Å²) in [5.41, 5.74) is 1.31. The SMILES string of the molecule is CN1CC(Nc2nc(N3CCC(C(=O)N4CCOCC4)(c4ccccc4)CC3)nc3c2[S+]([O-])CC3)CCC1=O. The highest BCUT2D eigenvalue weighted by molar-refractivity contribution is 7.91. The summed E-state index contributed by atoms with van der Waals surface area (Å²) in [6, 6.07) is 10.2. The molecule has 1 N–H and O–H groups in total. The molecule has 39 heavy (non-hydrogen) atoms. The van der Waals surface area contributed by atoms with Gasteiger partial charge in [-0.3, -0.25) is 9.59 Å². The van der Waals surface area contributed by atoms with E-state index in [-0.39, 0.29) is 17.9 Å². The predicted molar refractivity (Wildman–Crippen MR) is 148 cm³/mol. The van der Waals surface area contributed by atoms with Gasteiger partial charge in [-0.15, -0.1) is 0 Å². The lowest BCUT2D eigenvalue weighted by atomic mass is 9.71.